The van der Waals surface area contributed by atoms with Crippen LogP contribution in [-0.4, -0.2) is 29.9 Å². The van der Waals surface area contributed by atoms with Crippen molar-refractivity contribution < 1.29 is 4.92 Å². The zero-order valence-corrected chi connectivity index (χ0v) is 16.0. The summed E-state index contributed by atoms with van der Waals surface area (Å²) in [6.07, 6.45) is 0. The lowest BCUT2D eigenvalue weighted by Gasteiger charge is -2.17. The van der Waals surface area contributed by atoms with Gasteiger partial charge in [-0.15, -0.1) is 24.0 Å². The molecule has 0 spiro atoms. The minimum atomic E-state index is -0.399. The predicted molar refractivity (Wildman–Crippen MR) is 107 cm³/mol. The van der Waals surface area contributed by atoms with Crippen LogP contribution in [0.5, 0.6) is 0 Å². The number of nitrogens with one attached hydrogen (secondary N) is 1. The summed E-state index contributed by atoms with van der Waals surface area (Å²) in [5, 5.41) is 13.9. The molecule has 2 aromatic rings. The second-order valence-electron chi connectivity index (χ2n) is 5.30. The molecule has 0 aliphatic heterocycles. The molecule has 0 fully saturated rings. The lowest BCUT2D eigenvalue weighted by atomic mass is 10.2. The Morgan fingerprint density at radius 2 is 1.71 bits per heavy atom. The molecule has 0 aromatic heterocycles. The summed E-state index contributed by atoms with van der Waals surface area (Å²) in [5.74, 6) is 0.771. The fraction of sp³-hybridized carbons (Fsp3) is 0.235. The number of hydrogen-bond donors (Lipinski definition) is 1. The number of non-ortho nitro benzene ring substituents is 1. The van der Waals surface area contributed by atoms with E-state index in [0.717, 1.165) is 17.1 Å². The van der Waals surface area contributed by atoms with Crippen molar-refractivity contribution in [3.63, 3.8) is 0 Å². The summed E-state index contributed by atoms with van der Waals surface area (Å²) in [5.41, 5.74) is 2.20. The van der Waals surface area contributed by atoms with Gasteiger partial charge in [0, 0.05) is 32.8 Å². The Bertz CT molecular complexity index is 673. The molecule has 0 aliphatic rings. The van der Waals surface area contributed by atoms with E-state index in [2.05, 4.69) is 10.3 Å². The minimum Gasteiger partial charge on any atom is -0.352 e. The van der Waals surface area contributed by atoms with Crippen LogP contribution in [-0.2, 0) is 13.1 Å². The lowest BCUT2D eigenvalue weighted by Crippen LogP contribution is -2.36. The van der Waals surface area contributed by atoms with E-state index in [-0.39, 0.29) is 29.7 Å². The molecule has 6 nitrogen and oxygen atoms in total. The van der Waals surface area contributed by atoms with Crippen LogP contribution in [0.3, 0.4) is 0 Å². The molecule has 2 aromatic carbocycles. The van der Waals surface area contributed by atoms with Gasteiger partial charge in [-0.2, -0.15) is 0 Å². The van der Waals surface area contributed by atoms with Crippen LogP contribution in [0.4, 0.5) is 5.69 Å². The minimum absolute atomic E-state index is 0. The van der Waals surface area contributed by atoms with Gasteiger partial charge in [0.2, 0.25) is 0 Å². The average molecular weight is 440 g/mol. The molecule has 0 saturated heterocycles. The van der Waals surface area contributed by atoms with Gasteiger partial charge >= 0.3 is 0 Å². The molecule has 0 saturated carbocycles. The lowest BCUT2D eigenvalue weighted by molar-refractivity contribution is -0.384. The third-order valence-electron chi connectivity index (χ3n) is 3.28. The smallest absolute Gasteiger partial charge is 0.269 e. The summed E-state index contributed by atoms with van der Waals surface area (Å²) >= 11 is 0. The van der Waals surface area contributed by atoms with Crippen LogP contribution in [0.2, 0.25) is 0 Å². The molecular formula is C17H21IN4O2. The first kappa shape index (κ1) is 19.9. The van der Waals surface area contributed by atoms with Gasteiger partial charge in [0.15, 0.2) is 5.96 Å². The molecule has 1 N–H and O–H groups in total. The van der Waals surface area contributed by atoms with Crippen molar-refractivity contribution in [2.45, 2.75) is 13.1 Å². The molecule has 7 heteroatoms. The number of nitrogens with zero attached hydrogens (tertiary/aromatic N) is 3. The van der Waals surface area contributed by atoms with Crippen molar-refractivity contribution in [1.82, 2.24) is 10.2 Å². The highest BCUT2D eigenvalue weighted by Gasteiger charge is 2.05. The first-order chi connectivity index (χ1) is 11.1. The number of benzene rings is 2. The molecule has 0 amide bonds. The maximum absolute atomic E-state index is 10.7. The zero-order valence-electron chi connectivity index (χ0n) is 13.7. The average Bonchev–Trinajstić information content (AvgIpc) is 2.56. The van der Waals surface area contributed by atoms with Crippen molar-refractivity contribution in [2.24, 2.45) is 4.99 Å². The van der Waals surface area contributed by atoms with Crippen molar-refractivity contribution in [2.75, 3.05) is 14.1 Å². The number of halogens is 1. The summed E-state index contributed by atoms with van der Waals surface area (Å²) < 4.78 is 0. The van der Waals surface area contributed by atoms with Crippen LogP contribution in [0.15, 0.2) is 59.6 Å². The van der Waals surface area contributed by atoms with E-state index in [1.54, 1.807) is 12.1 Å². The zero-order chi connectivity index (χ0) is 16.7. The third kappa shape index (κ3) is 6.15. The topological polar surface area (TPSA) is 70.8 Å². The molecule has 0 radical (unpaired) electrons. The van der Waals surface area contributed by atoms with Gasteiger partial charge in [0.25, 0.3) is 5.69 Å². The maximum Gasteiger partial charge on any atom is 0.269 e. The van der Waals surface area contributed by atoms with Gasteiger partial charge in [0.1, 0.15) is 0 Å². The molecule has 0 bridgehead atoms. The quantitative estimate of drug-likeness (QED) is 0.254. The van der Waals surface area contributed by atoms with Gasteiger partial charge in [-0.25, -0.2) is 4.99 Å². The van der Waals surface area contributed by atoms with E-state index in [1.807, 2.05) is 49.3 Å². The fourth-order valence-electron chi connectivity index (χ4n) is 2.02. The number of nitro benzene ring substituents is 1. The third-order valence-corrected chi connectivity index (χ3v) is 3.28. The van der Waals surface area contributed by atoms with E-state index in [0.29, 0.717) is 13.1 Å². The van der Waals surface area contributed by atoms with Crippen molar-refractivity contribution in [3.8, 4) is 0 Å². The highest BCUT2D eigenvalue weighted by atomic mass is 127. The molecule has 2 rings (SSSR count). The highest BCUT2D eigenvalue weighted by molar-refractivity contribution is 14.0. The largest absolute Gasteiger partial charge is 0.352 e. The van der Waals surface area contributed by atoms with Crippen LogP contribution >= 0.6 is 24.0 Å². The van der Waals surface area contributed by atoms with E-state index in [9.17, 15) is 10.1 Å². The number of hydrogen-bond acceptors (Lipinski definition) is 3. The van der Waals surface area contributed by atoms with Gasteiger partial charge < -0.3 is 10.2 Å². The number of rotatable bonds is 5. The normalized spacial score (nSPS) is 10.7. The molecule has 0 heterocycles. The summed E-state index contributed by atoms with van der Waals surface area (Å²) in [4.78, 5) is 16.7. The van der Waals surface area contributed by atoms with E-state index in [1.165, 1.54) is 12.1 Å². The SMILES string of the molecule is CN(C)C(=NCc1ccccc1)NCc1ccc([N+](=O)[O-])cc1.I. The number of aliphatic imine (C=N–C) groups is 1. The second kappa shape index (κ2) is 9.86. The first-order valence-corrected chi connectivity index (χ1v) is 7.29. The van der Waals surface area contributed by atoms with Crippen molar-refractivity contribution in [3.05, 3.63) is 75.8 Å². The molecule has 0 unspecified atom stereocenters. The molecule has 0 aliphatic carbocycles. The Hall–Kier alpha value is -2.16. The van der Waals surface area contributed by atoms with E-state index in [4.69, 9.17) is 0 Å². The molecule has 24 heavy (non-hydrogen) atoms. The van der Waals surface area contributed by atoms with Gasteiger partial charge in [-0.1, -0.05) is 42.5 Å². The Labute approximate surface area is 158 Å². The van der Waals surface area contributed by atoms with Gasteiger partial charge in [-0.3, -0.25) is 10.1 Å². The standard InChI is InChI=1S/C17H20N4O2.HI/c1-20(2)17(18-12-14-6-4-3-5-7-14)19-13-15-8-10-16(11-9-15)21(22)23;/h3-11H,12-13H2,1-2H3,(H,18,19);1H. The highest BCUT2D eigenvalue weighted by Crippen LogP contribution is 2.11. The monoisotopic (exact) mass is 440 g/mol. The van der Waals surface area contributed by atoms with E-state index >= 15 is 0 Å². The van der Waals surface area contributed by atoms with Crippen LogP contribution in [0, 0.1) is 10.1 Å². The molecule has 128 valence electrons. The predicted octanol–water partition coefficient (Wildman–Crippen LogP) is 3.42. The number of nitro groups is 1. The Kier molecular flexibility index (Phi) is 8.17. The van der Waals surface area contributed by atoms with Crippen LogP contribution < -0.4 is 5.32 Å². The molecular weight excluding hydrogens is 419 g/mol. The summed E-state index contributed by atoms with van der Waals surface area (Å²) in [7, 11) is 3.85. The van der Waals surface area contributed by atoms with Crippen LogP contribution in [0.25, 0.3) is 0 Å². The van der Waals surface area contributed by atoms with Gasteiger partial charge in [-0.05, 0) is 11.1 Å². The second-order valence-corrected chi connectivity index (χ2v) is 5.30. The first-order valence-electron chi connectivity index (χ1n) is 7.29. The van der Waals surface area contributed by atoms with E-state index < -0.39 is 4.92 Å². The molecule has 0 atom stereocenters. The Morgan fingerprint density at radius 1 is 1.08 bits per heavy atom. The Morgan fingerprint density at radius 3 is 2.25 bits per heavy atom. The Balaban J connectivity index is 0.00000288. The number of guanidine groups is 1. The maximum atomic E-state index is 10.7. The summed E-state index contributed by atoms with van der Waals surface area (Å²) in [6, 6.07) is 16.5. The fourth-order valence-corrected chi connectivity index (χ4v) is 2.02. The van der Waals surface area contributed by atoms with Crippen LogP contribution in [0.1, 0.15) is 11.1 Å². The van der Waals surface area contributed by atoms with Crippen molar-refractivity contribution in [1.29, 1.82) is 0 Å². The van der Waals surface area contributed by atoms with Gasteiger partial charge in [0.05, 0.1) is 11.5 Å². The summed E-state index contributed by atoms with van der Waals surface area (Å²) in [6.45, 7) is 1.16. The van der Waals surface area contributed by atoms with Crippen molar-refractivity contribution >= 4 is 35.6 Å².